The zero-order valence-corrected chi connectivity index (χ0v) is 10.7. The van der Waals surface area contributed by atoms with Gasteiger partial charge in [-0.15, -0.1) is 0 Å². The van der Waals surface area contributed by atoms with Crippen molar-refractivity contribution in [3.05, 3.63) is 45.1 Å². The number of nitrogens with zero attached hydrogens (tertiary/aromatic N) is 2. The lowest BCUT2D eigenvalue weighted by molar-refractivity contribution is 0.456. The highest BCUT2D eigenvalue weighted by Gasteiger charge is 2.06. The van der Waals surface area contributed by atoms with Crippen LogP contribution < -0.4 is 4.74 Å². The standard InChI is InChI=1S/C10H5ClFIN2O/c11-7-3-6(1-2-8(7)12)16-10-9(13)4-14-5-15-10/h1-5H. The minimum absolute atomic E-state index is 0.0153. The van der Waals surface area contributed by atoms with Gasteiger partial charge >= 0.3 is 0 Å². The number of benzene rings is 1. The molecular formula is C10H5ClFIN2O. The Hall–Kier alpha value is -0.950. The second-order valence-corrected chi connectivity index (χ2v) is 4.42. The molecule has 0 radical (unpaired) electrons. The molecule has 16 heavy (non-hydrogen) atoms. The SMILES string of the molecule is Fc1ccc(Oc2ncncc2I)cc1Cl. The molecule has 1 aromatic heterocycles. The van der Waals surface area contributed by atoms with Crippen molar-refractivity contribution in [3.63, 3.8) is 0 Å². The van der Waals surface area contributed by atoms with Gasteiger partial charge in [0.2, 0.25) is 5.88 Å². The molecule has 82 valence electrons. The first-order valence-corrected chi connectivity index (χ1v) is 5.71. The maximum Gasteiger partial charge on any atom is 0.235 e. The van der Waals surface area contributed by atoms with Gasteiger partial charge in [-0.05, 0) is 34.7 Å². The Morgan fingerprint density at radius 1 is 1.38 bits per heavy atom. The Kier molecular flexibility index (Phi) is 3.55. The van der Waals surface area contributed by atoms with E-state index in [4.69, 9.17) is 16.3 Å². The van der Waals surface area contributed by atoms with Crippen molar-refractivity contribution in [3.8, 4) is 11.6 Å². The number of halogens is 3. The summed E-state index contributed by atoms with van der Waals surface area (Å²) in [4.78, 5) is 7.78. The van der Waals surface area contributed by atoms with Crippen LogP contribution in [0.3, 0.4) is 0 Å². The van der Waals surface area contributed by atoms with Crippen molar-refractivity contribution in [1.29, 1.82) is 0 Å². The van der Waals surface area contributed by atoms with Gasteiger partial charge in [-0.2, -0.15) is 0 Å². The third kappa shape index (κ3) is 2.59. The molecule has 0 saturated heterocycles. The summed E-state index contributed by atoms with van der Waals surface area (Å²) in [6, 6.07) is 4.13. The van der Waals surface area contributed by atoms with Crippen molar-refractivity contribution in [2.75, 3.05) is 0 Å². The van der Waals surface area contributed by atoms with Crippen LogP contribution in [0.15, 0.2) is 30.7 Å². The van der Waals surface area contributed by atoms with Crippen LogP contribution >= 0.6 is 34.2 Å². The fourth-order valence-electron chi connectivity index (χ4n) is 1.03. The maximum atomic E-state index is 12.9. The van der Waals surface area contributed by atoms with E-state index >= 15 is 0 Å². The van der Waals surface area contributed by atoms with E-state index in [-0.39, 0.29) is 5.02 Å². The third-order valence-corrected chi connectivity index (χ3v) is 2.77. The van der Waals surface area contributed by atoms with Crippen LogP contribution in [0.25, 0.3) is 0 Å². The van der Waals surface area contributed by atoms with Crippen LogP contribution in [-0.2, 0) is 0 Å². The van der Waals surface area contributed by atoms with E-state index < -0.39 is 5.82 Å². The van der Waals surface area contributed by atoms with Crippen LogP contribution in [-0.4, -0.2) is 9.97 Å². The van der Waals surface area contributed by atoms with Gasteiger partial charge in [0.15, 0.2) is 0 Å². The van der Waals surface area contributed by atoms with Gasteiger partial charge < -0.3 is 4.74 Å². The molecule has 0 aliphatic carbocycles. The first-order valence-electron chi connectivity index (χ1n) is 4.25. The van der Waals surface area contributed by atoms with Crippen LogP contribution in [0.4, 0.5) is 4.39 Å². The van der Waals surface area contributed by atoms with Crippen LogP contribution in [0, 0.1) is 9.39 Å². The second-order valence-electron chi connectivity index (χ2n) is 2.85. The zero-order chi connectivity index (χ0) is 11.5. The minimum Gasteiger partial charge on any atom is -0.438 e. The summed E-state index contributed by atoms with van der Waals surface area (Å²) in [6.07, 6.45) is 3.00. The molecule has 0 aliphatic heterocycles. The molecule has 0 spiro atoms. The Bertz CT molecular complexity index is 524. The summed E-state index contributed by atoms with van der Waals surface area (Å²) in [6.45, 7) is 0. The summed E-state index contributed by atoms with van der Waals surface area (Å²) in [5.41, 5.74) is 0. The maximum absolute atomic E-state index is 12.9. The first-order chi connectivity index (χ1) is 7.66. The Morgan fingerprint density at radius 3 is 2.88 bits per heavy atom. The summed E-state index contributed by atoms with van der Waals surface area (Å²) < 4.78 is 19.1. The number of rotatable bonds is 2. The van der Waals surface area contributed by atoms with Gasteiger partial charge in [-0.3, -0.25) is 0 Å². The highest BCUT2D eigenvalue weighted by atomic mass is 127. The molecule has 1 heterocycles. The fraction of sp³-hybridized carbons (Fsp3) is 0. The largest absolute Gasteiger partial charge is 0.438 e. The molecule has 2 aromatic rings. The molecule has 0 bridgehead atoms. The van der Waals surface area contributed by atoms with Gasteiger partial charge in [0.1, 0.15) is 17.9 Å². The fourth-order valence-corrected chi connectivity index (χ4v) is 1.61. The molecule has 0 fully saturated rings. The molecule has 1 aromatic carbocycles. The molecule has 0 N–H and O–H groups in total. The number of aromatic nitrogens is 2. The molecule has 0 amide bonds. The number of ether oxygens (including phenoxy) is 1. The van der Waals surface area contributed by atoms with Crippen molar-refractivity contribution in [1.82, 2.24) is 9.97 Å². The highest BCUT2D eigenvalue weighted by Crippen LogP contribution is 2.26. The van der Waals surface area contributed by atoms with E-state index in [2.05, 4.69) is 9.97 Å². The van der Waals surface area contributed by atoms with E-state index in [1.54, 1.807) is 6.20 Å². The quantitative estimate of drug-likeness (QED) is 0.775. The van der Waals surface area contributed by atoms with E-state index in [0.29, 0.717) is 11.6 Å². The topological polar surface area (TPSA) is 35.0 Å². The first kappa shape index (κ1) is 11.5. The Balaban J connectivity index is 2.28. The Morgan fingerprint density at radius 2 is 2.19 bits per heavy atom. The predicted molar refractivity (Wildman–Crippen MR) is 66.2 cm³/mol. The van der Waals surface area contributed by atoms with Gasteiger partial charge in [0.25, 0.3) is 0 Å². The molecule has 0 saturated carbocycles. The highest BCUT2D eigenvalue weighted by molar-refractivity contribution is 14.1. The third-order valence-electron chi connectivity index (χ3n) is 1.74. The summed E-state index contributed by atoms with van der Waals surface area (Å²) in [5.74, 6) is 0.368. The average Bonchev–Trinajstić information content (AvgIpc) is 2.27. The normalized spacial score (nSPS) is 10.2. The molecule has 6 heteroatoms. The van der Waals surface area contributed by atoms with Crippen LogP contribution in [0.5, 0.6) is 11.6 Å². The van der Waals surface area contributed by atoms with E-state index in [1.165, 1.54) is 24.5 Å². The van der Waals surface area contributed by atoms with Gasteiger partial charge in [-0.25, -0.2) is 14.4 Å². The lowest BCUT2D eigenvalue weighted by Crippen LogP contribution is -1.92. The van der Waals surface area contributed by atoms with E-state index in [0.717, 1.165) is 3.57 Å². The monoisotopic (exact) mass is 350 g/mol. The van der Waals surface area contributed by atoms with Gasteiger partial charge in [0.05, 0.1) is 8.59 Å². The van der Waals surface area contributed by atoms with Crippen molar-refractivity contribution in [2.24, 2.45) is 0 Å². The summed E-state index contributed by atoms with van der Waals surface area (Å²) in [7, 11) is 0. The lowest BCUT2D eigenvalue weighted by Gasteiger charge is -2.06. The lowest BCUT2D eigenvalue weighted by atomic mass is 10.3. The molecule has 2 rings (SSSR count). The Labute approximate surface area is 110 Å². The average molecular weight is 351 g/mol. The van der Waals surface area contributed by atoms with Gasteiger partial charge in [0, 0.05) is 12.3 Å². The minimum atomic E-state index is -0.480. The molecular weight excluding hydrogens is 345 g/mol. The molecule has 0 aliphatic rings. The predicted octanol–water partition coefficient (Wildman–Crippen LogP) is 3.67. The smallest absolute Gasteiger partial charge is 0.235 e. The number of hydrogen-bond acceptors (Lipinski definition) is 3. The van der Waals surface area contributed by atoms with Crippen LogP contribution in [0.1, 0.15) is 0 Å². The van der Waals surface area contributed by atoms with E-state index in [1.807, 2.05) is 22.6 Å². The van der Waals surface area contributed by atoms with Gasteiger partial charge in [-0.1, -0.05) is 11.6 Å². The molecule has 0 unspecified atom stereocenters. The van der Waals surface area contributed by atoms with Crippen molar-refractivity contribution in [2.45, 2.75) is 0 Å². The zero-order valence-electron chi connectivity index (χ0n) is 7.82. The summed E-state index contributed by atoms with van der Waals surface area (Å²) in [5, 5.41) is 0.0153. The van der Waals surface area contributed by atoms with Crippen LogP contribution in [0.2, 0.25) is 5.02 Å². The molecule has 0 atom stereocenters. The second kappa shape index (κ2) is 4.92. The molecule has 3 nitrogen and oxygen atoms in total. The van der Waals surface area contributed by atoms with E-state index in [9.17, 15) is 4.39 Å². The number of hydrogen-bond donors (Lipinski definition) is 0. The van der Waals surface area contributed by atoms with Crippen molar-refractivity contribution < 1.29 is 9.13 Å². The summed E-state index contributed by atoms with van der Waals surface area (Å²) >= 11 is 7.68. The van der Waals surface area contributed by atoms with Crippen molar-refractivity contribution >= 4 is 34.2 Å².